The molecule has 0 radical (unpaired) electrons. The molecule has 0 aromatic heterocycles. The summed E-state index contributed by atoms with van der Waals surface area (Å²) in [4.78, 5) is 59.4. The lowest BCUT2D eigenvalue weighted by Crippen LogP contribution is -2.57. The number of amides is 4. The zero-order valence-electron chi connectivity index (χ0n) is 17.1. The van der Waals surface area contributed by atoms with Crippen LogP contribution in [0.2, 0.25) is 0 Å². The SMILES string of the molecule is CC(N)C(=O)NC(C)C(=O)NC(CC(N)=O)C(=O)NC(Cc1ccc(O)cc1)C(=O)O. The van der Waals surface area contributed by atoms with E-state index in [1.165, 1.54) is 38.1 Å². The van der Waals surface area contributed by atoms with E-state index in [4.69, 9.17) is 11.5 Å². The van der Waals surface area contributed by atoms with E-state index in [0.717, 1.165) is 0 Å². The number of hydrogen-bond acceptors (Lipinski definition) is 7. The Morgan fingerprint density at radius 3 is 1.94 bits per heavy atom. The summed E-state index contributed by atoms with van der Waals surface area (Å²) in [5.74, 6) is -4.58. The maximum atomic E-state index is 12.6. The number of benzene rings is 1. The third kappa shape index (κ3) is 8.70. The van der Waals surface area contributed by atoms with Crippen molar-refractivity contribution in [1.82, 2.24) is 16.0 Å². The second-order valence-corrected chi connectivity index (χ2v) is 7.02. The summed E-state index contributed by atoms with van der Waals surface area (Å²) in [6.07, 6.45) is -0.698. The first-order valence-electron chi connectivity index (χ1n) is 9.36. The number of phenolic OH excluding ortho intramolecular Hbond substituents is 1. The number of nitrogens with two attached hydrogens (primary N) is 2. The molecule has 12 nitrogen and oxygen atoms in total. The molecular weight excluding hydrogens is 410 g/mol. The number of carbonyl (C=O) groups excluding carboxylic acids is 4. The van der Waals surface area contributed by atoms with Crippen molar-refractivity contribution in [1.29, 1.82) is 0 Å². The van der Waals surface area contributed by atoms with Crippen LogP contribution in [0.3, 0.4) is 0 Å². The van der Waals surface area contributed by atoms with Crippen molar-refractivity contribution in [2.45, 2.75) is 50.9 Å². The number of rotatable bonds is 11. The highest BCUT2D eigenvalue weighted by molar-refractivity contribution is 5.95. The lowest BCUT2D eigenvalue weighted by Gasteiger charge is -2.23. The highest BCUT2D eigenvalue weighted by Crippen LogP contribution is 2.11. The van der Waals surface area contributed by atoms with Gasteiger partial charge in [-0.05, 0) is 31.5 Å². The van der Waals surface area contributed by atoms with Gasteiger partial charge in [-0.15, -0.1) is 0 Å². The molecule has 0 bridgehead atoms. The van der Waals surface area contributed by atoms with Crippen LogP contribution in [0.4, 0.5) is 0 Å². The Hall–Kier alpha value is -3.67. The Kier molecular flexibility index (Phi) is 9.41. The molecule has 0 aliphatic carbocycles. The van der Waals surface area contributed by atoms with Crippen LogP contribution in [0, 0.1) is 0 Å². The third-order valence-electron chi connectivity index (χ3n) is 4.19. The minimum absolute atomic E-state index is 0.00543. The van der Waals surface area contributed by atoms with Gasteiger partial charge in [0.15, 0.2) is 0 Å². The second-order valence-electron chi connectivity index (χ2n) is 7.02. The van der Waals surface area contributed by atoms with E-state index >= 15 is 0 Å². The van der Waals surface area contributed by atoms with Gasteiger partial charge in [-0.25, -0.2) is 4.79 Å². The fraction of sp³-hybridized carbons (Fsp3) is 0.421. The Morgan fingerprint density at radius 2 is 1.45 bits per heavy atom. The van der Waals surface area contributed by atoms with Crippen LogP contribution in [0.1, 0.15) is 25.8 Å². The minimum Gasteiger partial charge on any atom is -0.508 e. The number of hydrogen-bond donors (Lipinski definition) is 7. The lowest BCUT2D eigenvalue weighted by molar-refractivity contribution is -0.142. The van der Waals surface area contributed by atoms with Crippen molar-refractivity contribution in [3.05, 3.63) is 29.8 Å². The quantitative estimate of drug-likeness (QED) is 0.200. The van der Waals surface area contributed by atoms with Gasteiger partial charge in [0.25, 0.3) is 0 Å². The highest BCUT2D eigenvalue weighted by Gasteiger charge is 2.29. The molecule has 4 atom stereocenters. The van der Waals surface area contributed by atoms with Gasteiger partial charge in [0.05, 0.1) is 12.5 Å². The van der Waals surface area contributed by atoms with Crippen LogP contribution in [-0.2, 0) is 30.4 Å². The van der Waals surface area contributed by atoms with Gasteiger partial charge in [-0.3, -0.25) is 19.2 Å². The zero-order valence-corrected chi connectivity index (χ0v) is 17.1. The Balaban J connectivity index is 2.88. The summed E-state index contributed by atoms with van der Waals surface area (Å²) < 4.78 is 0. The standard InChI is InChI=1S/C19H27N5O7/c1-9(20)16(27)22-10(2)17(28)23-13(8-15(21)26)18(29)24-14(19(30)31)7-11-3-5-12(25)6-4-11/h3-6,9-10,13-14,25H,7-8,20H2,1-2H3,(H2,21,26)(H,22,27)(H,23,28)(H,24,29)(H,30,31). The van der Waals surface area contributed by atoms with Gasteiger partial charge < -0.3 is 37.6 Å². The molecule has 0 saturated carbocycles. The van der Waals surface area contributed by atoms with Crippen molar-refractivity contribution in [3.8, 4) is 5.75 Å². The van der Waals surface area contributed by atoms with Crippen molar-refractivity contribution < 1.29 is 34.2 Å². The number of phenols is 1. The monoisotopic (exact) mass is 437 g/mol. The lowest BCUT2D eigenvalue weighted by atomic mass is 10.0. The minimum atomic E-state index is -1.46. The van der Waals surface area contributed by atoms with Crippen LogP contribution in [-0.4, -0.2) is 64.0 Å². The second kappa shape index (κ2) is 11.5. The van der Waals surface area contributed by atoms with Crippen molar-refractivity contribution >= 4 is 29.6 Å². The molecule has 0 aliphatic rings. The molecule has 4 unspecified atom stereocenters. The molecule has 9 N–H and O–H groups in total. The predicted molar refractivity (Wildman–Crippen MR) is 108 cm³/mol. The largest absolute Gasteiger partial charge is 0.508 e. The smallest absolute Gasteiger partial charge is 0.326 e. The van der Waals surface area contributed by atoms with Gasteiger partial charge in [-0.2, -0.15) is 0 Å². The van der Waals surface area contributed by atoms with E-state index in [1.54, 1.807) is 0 Å². The number of aliphatic carboxylic acids is 1. The normalized spacial score (nSPS) is 14.4. The fourth-order valence-corrected chi connectivity index (χ4v) is 2.46. The Bertz CT molecular complexity index is 825. The van der Waals surface area contributed by atoms with E-state index in [9.17, 15) is 34.2 Å². The highest BCUT2D eigenvalue weighted by atomic mass is 16.4. The maximum absolute atomic E-state index is 12.6. The van der Waals surface area contributed by atoms with Crippen molar-refractivity contribution in [2.24, 2.45) is 11.5 Å². The molecule has 1 aromatic carbocycles. The Morgan fingerprint density at radius 1 is 0.903 bits per heavy atom. The van der Waals surface area contributed by atoms with Crippen LogP contribution < -0.4 is 27.4 Å². The van der Waals surface area contributed by atoms with Gasteiger partial charge in [0.1, 0.15) is 23.9 Å². The van der Waals surface area contributed by atoms with Gasteiger partial charge in [0, 0.05) is 6.42 Å². The van der Waals surface area contributed by atoms with Crippen molar-refractivity contribution in [3.63, 3.8) is 0 Å². The molecule has 1 aromatic rings. The molecular formula is C19H27N5O7. The van der Waals surface area contributed by atoms with Gasteiger partial charge >= 0.3 is 5.97 Å². The molecule has 12 heteroatoms. The van der Waals surface area contributed by atoms with E-state index in [1.807, 2.05) is 0 Å². The zero-order chi connectivity index (χ0) is 23.7. The third-order valence-corrected chi connectivity index (χ3v) is 4.19. The average molecular weight is 437 g/mol. The molecule has 31 heavy (non-hydrogen) atoms. The topological polar surface area (TPSA) is 214 Å². The number of aromatic hydroxyl groups is 1. The van der Waals surface area contributed by atoms with Crippen LogP contribution in [0.5, 0.6) is 5.75 Å². The number of nitrogens with one attached hydrogen (secondary N) is 3. The first-order chi connectivity index (χ1) is 14.4. The van der Waals surface area contributed by atoms with Crippen LogP contribution >= 0.6 is 0 Å². The summed E-state index contributed by atoms with van der Waals surface area (Å²) in [5, 5.41) is 25.6. The van der Waals surface area contributed by atoms with E-state index in [0.29, 0.717) is 5.56 Å². The Labute approximate surface area is 178 Å². The summed E-state index contributed by atoms with van der Waals surface area (Å²) in [7, 11) is 0. The van der Waals surface area contributed by atoms with E-state index < -0.39 is 60.2 Å². The number of primary amides is 1. The summed E-state index contributed by atoms with van der Waals surface area (Å²) in [6.45, 7) is 2.77. The molecule has 0 fully saturated rings. The molecule has 1 rings (SSSR count). The van der Waals surface area contributed by atoms with Crippen molar-refractivity contribution in [2.75, 3.05) is 0 Å². The first kappa shape index (κ1) is 25.4. The molecule has 0 spiro atoms. The predicted octanol–water partition coefficient (Wildman–Crippen LogP) is -2.28. The molecule has 0 aliphatic heterocycles. The maximum Gasteiger partial charge on any atom is 0.326 e. The van der Waals surface area contributed by atoms with Gasteiger partial charge in [-0.1, -0.05) is 12.1 Å². The van der Waals surface area contributed by atoms with Gasteiger partial charge in [0.2, 0.25) is 23.6 Å². The average Bonchev–Trinajstić information content (AvgIpc) is 2.67. The van der Waals surface area contributed by atoms with Crippen LogP contribution in [0.15, 0.2) is 24.3 Å². The fourth-order valence-electron chi connectivity index (χ4n) is 2.46. The van der Waals surface area contributed by atoms with E-state index in [-0.39, 0.29) is 12.2 Å². The molecule has 170 valence electrons. The molecule has 0 heterocycles. The van der Waals surface area contributed by atoms with E-state index in [2.05, 4.69) is 16.0 Å². The molecule has 0 saturated heterocycles. The number of carboxylic acid groups (broad SMARTS) is 1. The molecule has 4 amide bonds. The first-order valence-corrected chi connectivity index (χ1v) is 9.36. The summed E-state index contributed by atoms with van der Waals surface area (Å²) in [5.41, 5.74) is 11.1. The number of carbonyl (C=O) groups is 5. The number of carboxylic acids is 1. The summed E-state index contributed by atoms with van der Waals surface area (Å²) >= 11 is 0. The van der Waals surface area contributed by atoms with Crippen LogP contribution in [0.25, 0.3) is 0 Å². The summed E-state index contributed by atoms with van der Waals surface area (Å²) in [6, 6.07) is 0.936.